The lowest BCUT2D eigenvalue weighted by atomic mass is 9.89. The normalized spacial score (nSPS) is 15.3. The summed E-state index contributed by atoms with van der Waals surface area (Å²) in [7, 11) is 0. The van der Waals surface area contributed by atoms with Crippen molar-refractivity contribution in [3.63, 3.8) is 0 Å². The second-order valence-corrected chi connectivity index (χ2v) is 8.76. The van der Waals surface area contributed by atoms with E-state index in [-0.39, 0.29) is 17.0 Å². The summed E-state index contributed by atoms with van der Waals surface area (Å²) in [6.45, 7) is 7.06. The van der Waals surface area contributed by atoms with E-state index in [1.807, 2.05) is 16.9 Å². The molecule has 3 aromatic rings. The lowest BCUT2D eigenvalue weighted by molar-refractivity contribution is -0.117. The van der Waals surface area contributed by atoms with Gasteiger partial charge in [-0.2, -0.15) is 10.4 Å². The van der Waals surface area contributed by atoms with Gasteiger partial charge in [-0.15, -0.1) is 0 Å². The average Bonchev–Trinajstić information content (AvgIpc) is 3.23. The van der Waals surface area contributed by atoms with Crippen LogP contribution in [0.4, 0.5) is 5.82 Å². The fourth-order valence-corrected chi connectivity index (χ4v) is 3.95. The number of hydrogen-bond acceptors (Lipinski definition) is 5. The van der Waals surface area contributed by atoms with Crippen LogP contribution in [-0.4, -0.2) is 25.7 Å². The van der Waals surface area contributed by atoms with Crippen LogP contribution < -0.4 is 5.32 Å². The van der Waals surface area contributed by atoms with Crippen LogP contribution in [-0.2, 0) is 17.8 Å². The Kier molecular flexibility index (Phi) is 5.04. The first kappa shape index (κ1) is 20.0. The second-order valence-electron chi connectivity index (χ2n) is 8.35. The van der Waals surface area contributed by atoms with Crippen molar-refractivity contribution in [2.45, 2.75) is 39.7 Å². The minimum atomic E-state index is -0.470. The maximum Gasteiger partial charge on any atom is 0.232 e. The summed E-state index contributed by atoms with van der Waals surface area (Å²) in [5.74, 6) is -0.285. The highest BCUT2D eigenvalue weighted by Crippen LogP contribution is 2.39. The summed E-state index contributed by atoms with van der Waals surface area (Å²) >= 11 is 6.44. The first-order chi connectivity index (χ1) is 14.3. The van der Waals surface area contributed by atoms with Crippen LogP contribution in [0.2, 0.25) is 5.02 Å². The summed E-state index contributed by atoms with van der Waals surface area (Å²) in [6.07, 6.45) is 5.80. The van der Waals surface area contributed by atoms with E-state index in [1.165, 1.54) is 6.20 Å². The van der Waals surface area contributed by atoms with E-state index < -0.39 is 5.92 Å². The molecule has 7 nitrogen and oxygen atoms in total. The summed E-state index contributed by atoms with van der Waals surface area (Å²) in [5, 5.41) is 16.9. The van der Waals surface area contributed by atoms with E-state index in [2.05, 4.69) is 34.2 Å². The van der Waals surface area contributed by atoms with Gasteiger partial charge in [0, 0.05) is 35.8 Å². The maximum atomic E-state index is 12.8. The van der Waals surface area contributed by atoms with Gasteiger partial charge in [-0.1, -0.05) is 25.4 Å². The zero-order valence-corrected chi connectivity index (χ0v) is 17.7. The second kappa shape index (κ2) is 7.54. The molecule has 1 aliphatic rings. The van der Waals surface area contributed by atoms with Gasteiger partial charge in [0.25, 0.3) is 0 Å². The number of halogens is 1. The molecular formula is C22H21ClN6O. The molecule has 0 aromatic carbocycles. The molecular weight excluding hydrogens is 400 g/mol. The summed E-state index contributed by atoms with van der Waals surface area (Å²) in [4.78, 5) is 21.0. The highest BCUT2D eigenvalue weighted by atomic mass is 35.5. The molecule has 3 aromatic heterocycles. The Balaban J connectivity index is 1.59. The number of carbonyl (C=O) groups excluding carboxylic acids is 1. The molecule has 0 saturated heterocycles. The summed E-state index contributed by atoms with van der Waals surface area (Å²) < 4.78 is 2.02. The number of pyridine rings is 2. The van der Waals surface area contributed by atoms with Gasteiger partial charge in [0.05, 0.1) is 17.1 Å². The summed E-state index contributed by atoms with van der Waals surface area (Å²) in [5.41, 5.74) is 4.03. The highest BCUT2D eigenvalue weighted by molar-refractivity contribution is 6.33. The Bertz CT molecular complexity index is 1180. The molecule has 1 atom stereocenters. The molecule has 1 amide bonds. The number of fused-ring (bicyclic) bond motifs is 1. The number of carbonyl (C=O) groups is 1. The van der Waals surface area contributed by atoms with E-state index in [1.54, 1.807) is 31.3 Å². The predicted molar refractivity (Wildman–Crippen MR) is 114 cm³/mol. The molecule has 0 radical (unpaired) electrons. The van der Waals surface area contributed by atoms with Crippen LogP contribution in [0.1, 0.15) is 43.6 Å². The molecule has 30 heavy (non-hydrogen) atoms. The lowest BCUT2D eigenvalue weighted by Gasteiger charge is -2.15. The zero-order valence-electron chi connectivity index (χ0n) is 17.0. The number of rotatable bonds is 4. The van der Waals surface area contributed by atoms with E-state index in [9.17, 15) is 4.79 Å². The number of hydrogen-bond donors (Lipinski definition) is 1. The smallest absolute Gasteiger partial charge is 0.232 e. The van der Waals surface area contributed by atoms with Crippen molar-refractivity contribution < 1.29 is 4.79 Å². The molecule has 8 heteroatoms. The number of aromatic nitrogens is 4. The van der Waals surface area contributed by atoms with Crippen LogP contribution in [0, 0.1) is 16.7 Å². The first-order valence-corrected chi connectivity index (χ1v) is 10.0. The molecule has 152 valence electrons. The van der Waals surface area contributed by atoms with E-state index in [4.69, 9.17) is 16.9 Å². The molecule has 0 spiro atoms. The minimum absolute atomic E-state index is 0.150. The Labute approximate surface area is 179 Å². The Morgan fingerprint density at radius 1 is 1.30 bits per heavy atom. The molecule has 4 rings (SSSR count). The van der Waals surface area contributed by atoms with Gasteiger partial charge < -0.3 is 5.32 Å². The molecule has 4 heterocycles. The summed E-state index contributed by atoms with van der Waals surface area (Å²) in [6, 6.07) is 7.11. The van der Waals surface area contributed by atoms with Crippen molar-refractivity contribution in [1.82, 2.24) is 19.7 Å². The quantitative estimate of drug-likeness (QED) is 0.682. The van der Waals surface area contributed by atoms with Crippen LogP contribution in [0.15, 0.2) is 36.8 Å². The monoisotopic (exact) mass is 420 g/mol. The van der Waals surface area contributed by atoms with Crippen molar-refractivity contribution in [1.29, 1.82) is 5.26 Å². The third kappa shape index (κ3) is 3.79. The standard InChI is InChI=1S/C22H21ClN6O/c1-13(14-4-5-25-15(6-14)9-24)21(30)28-20-7-16(18(23)11-26-20)17-10-27-29-12-22(2,3)8-19(17)29/h4-7,10-11,13H,8,12H2,1-3H3,(H,26,28,30). The average molecular weight is 421 g/mol. The molecule has 1 aliphatic heterocycles. The van der Waals surface area contributed by atoms with E-state index >= 15 is 0 Å². The van der Waals surface area contributed by atoms with Gasteiger partial charge in [-0.25, -0.2) is 9.97 Å². The first-order valence-electron chi connectivity index (χ1n) is 9.65. The van der Waals surface area contributed by atoms with Crippen LogP contribution in [0.5, 0.6) is 0 Å². The van der Waals surface area contributed by atoms with Gasteiger partial charge in [0.1, 0.15) is 17.6 Å². The molecule has 1 N–H and O–H groups in total. The van der Waals surface area contributed by atoms with Gasteiger partial charge >= 0.3 is 0 Å². The zero-order chi connectivity index (χ0) is 21.5. The molecule has 1 unspecified atom stereocenters. The fourth-order valence-electron chi connectivity index (χ4n) is 3.75. The van der Waals surface area contributed by atoms with Crippen molar-refractivity contribution in [2.24, 2.45) is 5.41 Å². The number of anilines is 1. The third-order valence-electron chi connectivity index (χ3n) is 5.36. The highest BCUT2D eigenvalue weighted by Gasteiger charge is 2.32. The third-order valence-corrected chi connectivity index (χ3v) is 5.66. The predicted octanol–water partition coefficient (Wildman–Crippen LogP) is 4.19. The van der Waals surface area contributed by atoms with Crippen LogP contribution in [0.25, 0.3) is 11.1 Å². The van der Waals surface area contributed by atoms with E-state index in [0.29, 0.717) is 16.4 Å². The van der Waals surface area contributed by atoms with Gasteiger partial charge in [0.2, 0.25) is 5.91 Å². The van der Waals surface area contributed by atoms with Crippen molar-refractivity contribution in [2.75, 3.05) is 5.32 Å². The van der Waals surface area contributed by atoms with Gasteiger partial charge in [-0.05, 0) is 42.5 Å². The number of amides is 1. The number of nitriles is 1. The van der Waals surface area contributed by atoms with Gasteiger partial charge in [-0.3, -0.25) is 9.48 Å². The maximum absolute atomic E-state index is 12.8. The number of nitrogens with zero attached hydrogens (tertiary/aromatic N) is 5. The fraction of sp³-hybridized carbons (Fsp3) is 0.318. The number of nitrogens with one attached hydrogen (secondary N) is 1. The van der Waals surface area contributed by atoms with Crippen LogP contribution in [0.3, 0.4) is 0 Å². The van der Waals surface area contributed by atoms with Crippen molar-refractivity contribution in [3.8, 4) is 17.2 Å². The van der Waals surface area contributed by atoms with Gasteiger partial charge in [0.15, 0.2) is 0 Å². The SMILES string of the molecule is CC(C(=O)Nc1cc(-c2cnn3c2CC(C)(C)C3)c(Cl)cn1)c1ccnc(C#N)c1. The van der Waals surface area contributed by atoms with Crippen molar-refractivity contribution in [3.05, 3.63) is 58.8 Å². The topological polar surface area (TPSA) is 96.5 Å². The van der Waals surface area contributed by atoms with Crippen LogP contribution >= 0.6 is 11.6 Å². The Hall–Kier alpha value is -3.24. The Morgan fingerprint density at radius 3 is 2.87 bits per heavy atom. The molecule has 0 fully saturated rings. The van der Waals surface area contributed by atoms with E-state index in [0.717, 1.165) is 29.8 Å². The van der Waals surface area contributed by atoms with Crippen molar-refractivity contribution >= 4 is 23.3 Å². The molecule has 0 aliphatic carbocycles. The lowest BCUT2D eigenvalue weighted by Crippen LogP contribution is -2.19. The minimum Gasteiger partial charge on any atom is -0.310 e. The largest absolute Gasteiger partial charge is 0.310 e. The molecule has 0 bridgehead atoms. The molecule has 0 saturated carbocycles. The Morgan fingerprint density at radius 2 is 2.10 bits per heavy atom.